The van der Waals surface area contributed by atoms with Gasteiger partial charge in [-0.25, -0.2) is 0 Å². The summed E-state index contributed by atoms with van der Waals surface area (Å²) in [6.45, 7) is -0.593. The quantitative estimate of drug-likeness (QED) is 0.0348. The van der Waals surface area contributed by atoms with Crippen LogP contribution in [0.5, 0.6) is 28.7 Å². The maximum Gasteiger partial charge on any atom is 0.317 e. The summed E-state index contributed by atoms with van der Waals surface area (Å²) in [5.41, 5.74) is 16.0. The number of esters is 1. The normalized spacial score (nSPS) is 26.0. The molecule has 0 amide bonds. The van der Waals surface area contributed by atoms with Crippen LogP contribution in [0.4, 0.5) is 0 Å². The van der Waals surface area contributed by atoms with Gasteiger partial charge in [-0.3, -0.25) is 9.59 Å². The van der Waals surface area contributed by atoms with Gasteiger partial charge in [-0.05, 0) is 29.3 Å². The zero-order valence-electron chi connectivity index (χ0n) is 34.0. The molecular formula is C45H46N4O15. The van der Waals surface area contributed by atoms with Crippen molar-refractivity contribution >= 4 is 22.8 Å². The van der Waals surface area contributed by atoms with E-state index < -0.39 is 92.2 Å². The molecule has 10 atom stereocenters. The third-order valence-corrected chi connectivity index (χ3v) is 11.9. The molecule has 5 aromatic rings. The topological polar surface area (TPSA) is 293 Å². The fraction of sp³-hybridized carbons (Fsp3) is 0.378. The highest BCUT2D eigenvalue weighted by Gasteiger charge is 2.53. The van der Waals surface area contributed by atoms with Crippen LogP contribution in [-0.4, -0.2) is 115 Å². The number of nitrogens with two attached hydrogens (primary N) is 2. The van der Waals surface area contributed by atoms with Crippen molar-refractivity contribution in [2.75, 3.05) is 13.4 Å². The monoisotopic (exact) mass is 882 g/mol. The minimum Gasteiger partial charge on any atom is -0.487 e. The Morgan fingerprint density at radius 1 is 0.984 bits per heavy atom. The Balaban J connectivity index is 1.18. The predicted molar refractivity (Wildman–Crippen MR) is 221 cm³/mol. The van der Waals surface area contributed by atoms with Gasteiger partial charge in [0.05, 0.1) is 42.4 Å². The van der Waals surface area contributed by atoms with Crippen LogP contribution in [0.15, 0.2) is 73.1 Å². The number of carbonyl (C=O) groups excluding carboxylic acids is 1. The smallest absolute Gasteiger partial charge is 0.317 e. The Morgan fingerprint density at radius 3 is 2.55 bits per heavy atom. The molecule has 9 rings (SSSR count). The van der Waals surface area contributed by atoms with Crippen LogP contribution in [0, 0.1) is 11.8 Å². The average molecular weight is 883 g/mol. The summed E-state index contributed by atoms with van der Waals surface area (Å²) in [6.07, 6.45) is -10.9. The lowest BCUT2D eigenvalue weighted by molar-refractivity contribution is -0.291. The van der Waals surface area contributed by atoms with Crippen molar-refractivity contribution in [2.24, 2.45) is 11.5 Å². The van der Waals surface area contributed by atoms with Gasteiger partial charge in [0.2, 0.25) is 12.0 Å². The van der Waals surface area contributed by atoms with Gasteiger partial charge in [0, 0.05) is 47.9 Å². The lowest BCUT2D eigenvalue weighted by Crippen LogP contribution is -2.66. The maximum atomic E-state index is 12.4. The molecule has 6 heterocycles. The van der Waals surface area contributed by atoms with Crippen LogP contribution in [0.3, 0.4) is 0 Å². The van der Waals surface area contributed by atoms with E-state index in [1.165, 1.54) is 0 Å². The number of ether oxygens (including phenoxy) is 7. The second-order valence-electron chi connectivity index (χ2n) is 15.9. The second kappa shape index (κ2) is 17.7. The van der Waals surface area contributed by atoms with Gasteiger partial charge in [-0.15, -0.1) is 0 Å². The van der Waals surface area contributed by atoms with Crippen molar-refractivity contribution in [3.05, 3.63) is 101 Å². The van der Waals surface area contributed by atoms with Crippen LogP contribution in [0.25, 0.3) is 10.9 Å². The van der Waals surface area contributed by atoms with E-state index in [9.17, 15) is 35.1 Å². The van der Waals surface area contributed by atoms with Crippen LogP contribution in [0.2, 0.25) is 0 Å². The highest BCUT2D eigenvalue weighted by molar-refractivity contribution is 5.90. The number of fused-ring (bicyclic) bond motifs is 3. The summed E-state index contributed by atoms with van der Waals surface area (Å²) >= 11 is 0. The summed E-state index contributed by atoms with van der Waals surface area (Å²) in [4.78, 5) is 26.8. The van der Waals surface area contributed by atoms with Gasteiger partial charge >= 0.3 is 11.9 Å². The average Bonchev–Trinajstić information content (AvgIpc) is 3.98. The number of hydrogen-bond donors (Lipinski definition) is 9. The lowest BCUT2D eigenvalue weighted by Gasteiger charge is -2.43. The molecule has 19 heteroatoms. The third-order valence-electron chi connectivity index (χ3n) is 11.9. The molecule has 4 aliphatic rings. The number of hydrogen-bond acceptors (Lipinski definition) is 16. The van der Waals surface area contributed by atoms with Gasteiger partial charge in [0.1, 0.15) is 54.5 Å². The summed E-state index contributed by atoms with van der Waals surface area (Å²) in [5, 5.41) is 63.7. The fourth-order valence-corrected chi connectivity index (χ4v) is 9.07. The Kier molecular flexibility index (Phi) is 11.9. The number of nitrogens with one attached hydrogen (secondary N) is 1. The van der Waals surface area contributed by atoms with E-state index in [2.05, 4.69) is 16.8 Å². The van der Waals surface area contributed by atoms with Crippen LogP contribution < -0.4 is 35.2 Å². The molecule has 0 radical (unpaired) electrons. The van der Waals surface area contributed by atoms with Crippen molar-refractivity contribution < 1.29 is 73.4 Å². The molecule has 2 aromatic heterocycles. The minimum absolute atomic E-state index is 0.0544. The molecule has 1 saturated heterocycles. The molecule has 11 N–H and O–H groups in total. The fourth-order valence-electron chi connectivity index (χ4n) is 9.07. The summed E-state index contributed by atoms with van der Waals surface area (Å²) < 4.78 is 45.3. The van der Waals surface area contributed by atoms with Gasteiger partial charge in [-0.1, -0.05) is 48.2 Å². The van der Waals surface area contributed by atoms with E-state index in [1.54, 1.807) is 24.4 Å². The predicted octanol–water partition coefficient (Wildman–Crippen LogP) is 1.20. The molecule has 0 aliphatic carbocycles. The molecule has 3 aromatic carbocycles. The number of carbonyl (C=O) groups is 2. The Hall–Kier alpha value is -6.34. The van der Waals surface area contributed by atoms with E-state index in [1.807, 2.05) is 53.2 Å². The highest BCUT2D eigenvalue weighted by Crippen LogP contribution is 2.61. The van der Waals surface area contributed by atoms with Gasteiger partial charge < -0.3 is 84.8 Å². The van der Waals surface area contributed by atoms with E-state index in [4.69, 9.17) is 49.7 Å². The molecule has 0 saturated carbocycles. The zero-order valence-corrected chi connectivity index (χ0v) is 34.0. The van der Waals surface area contributed by atoms with E-state index in [-0.39, 0.29) is 31.3 Å². The van der Waals surface area contributed by atoms with E-state index in [0.29, 0.717) is 40.5 Å². The Morgan fingerprint density at radius 2 is 1.80 bits per heavy atom. The first-order chi connectivity index (χ1) is 30.9. The summed E-state index contributed by atoms with van der Waals surface area (Å²) in [6, 6.07) is 18.4. The number of aromatic nitrogens is 2. The maximum absolute atomic E-state index is 12.4. The van der Waals surface area contributed by atoms with Crippen molar-refractivity contribution in [2.45, 2.75) is 93.0 Å². The SMILES string of the molecule is NC(N)C(OC(=O)CC(=O)O)C1OC(Oc2cc(Cn3cc4cc[nH]c4c3CO)c3c(c2)OC2C(c4ccccc4)C#CCCOc4c(OCO)ccc5c4OC3C52)C(O)C(O)C1O. The van der Waals surface area contributed by atoms with Gasteiger partial charge in [0.25, 0.3) is 0 Å². The number of carboxylic acids is 1. The van der Waals surface area contributed by atoms with Gasteiger partial charge in [-0.2, -0.15) is 0 Å². The Bertz CT molecular complexity index is 2600. The Labute approximate surface area is 364 Å². The number of aromatic amines is 1. The van der Waals surface area contributed by atoms with Crippen molar-refractivity contribution in [1.29, 1.82) is 0 Å². The van der Waals surface area contributed by atoms with Crippen molar-refractivity contribution in [1.82, 2.24) is 9.55 Å². The molecular weight excluding hydrogens is 837 g/mol. The number of H-pyrrole nitrogens is 1. The number of carboxylic acid groups (broad SMARTS) is 1. The number of aliphatic carboxylic acids is 1. The molecule has 336 valence electrons. The van der Waals surface area contributed by atoms with Crippen LogP contribution in [-0.2, 0) is 32.2 Å². The minimum atomic E-state index is -1.94. The first-order valence-corrected chi connectivity index (χ1v) is 20.6. The van der Waals surface area contributed by atoms with Crippen LogP contribution in [0.1, 0.15) is 58.7 Å². The largest absolute Gasteiger partial charge is 0.487 e. The van der Waals surface area contributed by atoms with E-state index >= 15 is 0 Å². The second-order valence-corrected chi connectivity index (χ2v) is 15.9. The number of benzene rings is 3. The van der Waals surface area contributed by atoms with E-state index in [0.717, 1.165) is 22.0 Å². The molecule has 10 unspecified atom stereocenters. The van der Waals surface area contributed by atoms with Crippen molar-refractivity contribution in [3.63, 3.8) is 0 Å². The first-order valence-electron chi connectivity index (χ1n) is 20.6. The molecule has 64 heavy (non-hydrogen) atoms. The van der Waals surface area contributed by atoms with Crippen LogP contribution >= 0.6 is 0 Å². The highest BCUT2D eigenvalue weighted by atomic mass is 16.7. The third kappa shape index (κ3) is 7.84. The van der Waals surface area contributed by atoms with Gasteiger partial charge in [0.15, 0.2) is 24.4 Å². The summed E-state index contributed by atoms with van der Waals surface area (Å²) in [7, 11) is 0. The molecule has 4 aliphatic heterocycles. The molecule has 19 nitrogen and oxygen atoms in total. The first kappa shape index (κ1) is 42.9. The number of aliphatic hydroxyl groups excluding tert-OH is 5. The summed E-state index contributed by atoms with van der Waals surface area (Å²) in [5.74, 6) is 4.30. The molecule has 1 fully saturated rings. The lowest BCUT2D eigenvalue weighted by atomic mass is 9.76. The number of aliphatic hydroxyl groups is 5. The molecule has 4 bridgehead atoms. The zero-order chi connectivity index (χ0) is 44.8. The molecule has 0 spiro atoms. The standard InChI is InChI=1S/C45H46N4O15/c46-44(47)43(62-31(54)16-30(52)53)42-36(56)35(55)37(57)45(64-42)60-24-14-23(18-49-17-22-11-12-48-34(22)27(49)19-50)32-29(15-24)61-38-25(21-6-2-1-3-7-21)8-4-5-13-58-40-28(59-20-51)10-9-26-33(38)41(32)63-39(26)40/h1-3,6-7,9-12,14-15,17,25,33,35-38,41-45,48,50-51,55-57H,5,13,16,18-20,46-47H2,(H,52,53). The number of rotatable bonds is 13. The van der Waals surface area contributed by atoms with Crippen molar-refractivity contribution in [3.8, 4) is 40.6 Å². The number of nitrogens with zero attached hydrogens (tertiary/aromatic N) is 1.